The number of ketones is 2. The summed E-state index contributed by atoms with van der Waals surface area (Å²) in [7, 11) is 0. The summed E-state index contributed by atoms with van der Waals surface area (Å²) in [5.41, 5.74) is -0.130. The van der Waals surface area contributed by atoms with Crippen molar-refractivity contribution in [2.75, 3.05) is 18.4 Å². The van der Waals surface area contributed by atoms with E-state index in [0.29, 0.717) is 87.0 Å². The summed E-state index contributed by atoms with van der Waals surface area (Å²) in [4.78, 5) is 101. The van der Waals surface area contributed by atoms with Gasteiger partial charge in [0.25, 0.3) is 5.91 Å². The molecule has 0 spiro atoms. The van der Waals surface area contributed by atoms with Crippen LogP contribution in [0.4, 0.5) is 5.69 Å². The number of hydrogen-bond acceptors (Lipinski definition) is 12. The first-order valence-corrected chi connectivity index (χ1v) is 25.1. The first kappa shape index (κ1) is 52.4. The van der Waals surface area contributed by atoms with Crippen molar-refractivity contribution in [3.63, 3.8) is 0 Å². The summed E-state index contributed by atoms with van der Waals surface area (Å²) in [5.74, 6) is -4.51. The van der Waals surface area contributed by atoms with Crippen molar-refractivity contribution in [3.8, 4) is 0 Å². The van der Waals surface area contributed by atoms with E-state index in [9.17, 15) is 43.8 Å². The molecule has 68 heavy (non-hydrogen) atoms. The molecule has 0 radical (unpaired) electrons. The highest BCUT2D eigenvalue weighted by molar-refractivity contribution is 8.03. The Morgan fingerprint density at radius 3 is 2.41 bits per heavy atom. The number of nitrogens with one attached hydrogen (secondary N) is 2. The van der Waals surface area contributed by atoms with Gasteiger partial charge in [0.1, 0.15) is 17.8 Å². The number of aliphatic hydroxyl groups excluding tert-OH is 1. The van der Waals surface area contributed by atoms with E-state index in [1.807, 2.05) is 39.8 Å². The third-order valence-electron chi connectivity index (χ3n) is 14.7. The van der Waals surface area contributed by atoms with Crippen molar-refractivity contribution in [1.82, 2.24) is 20.1 Å². The number of β-lactam (4-membered cyclic amide) rings is 1. The molecule has 370 valence electrons. The third kappa shape index (κ3) is 11.7. The van der Waals surface area contributed by atoms with Crippen LogP contribution < -0.4 is 10.6 Å². The second-order valence-electron chi connectivity index (χ2n) is 21.4. The van der Waals surface area contributed by atoms with Gasteiger partial charge in [-0.2, -0.15) is 0 Å². The lowest BCUT2D eigenvalue weighted by Gasteiger charge is -2.46. The van der Waals surface area contributed by atoms with Crippen LogP contribution in [-0.4, -0.2) is 115 Å². The van der Waals surface area contributed by atoms with Gasteiger partial charge in [-0.1, -0.05) is 73.6 Å². The van der Waals surface area contributed by atoms with E-state index in [4.69, 9.17) is 4.74 Å². The van der Waals surface area contributed by atoms with E-state index in [2.05, 4.69) is 29.5 Å². The first-order valence-electron chi connectivity index (χ1n) is 24.3. The quantitative estimate of drug-likeness (QED) is 0.0431. The number of fused-ring (bicyclic) bond motifs is 1. The standard InChI is InChI=1S/C52H71N5O10S/c1-10-51(6,7)44(60)47(63)56-24-12-11-18-38(56)49(66)67-35(20-19-32-15-14-23-53-28-32)27-50(4,5)21-22-52(8,9)43(59)33-16-13-17-34(25-33)55-45(61)37-26-36(29-54-37)68-42-30(2)40-39(31(3)58)46(62)57(40)41(42)48(64)65/h13-17,23,25,28,30-31,35-40,54,58H,10-12,18-22,24,26-27,29H2,1-9H3,(H,55,61)(H,64,65)/t30-,31-,35-,36+,37+,38+,39-,40-/m1/s1. The Balaban J connectivity index is 1.06. The Bertz CT molecular complexity index is 2280. The summed E-state index contributed by atoms with van der Waals surface area (Å²) < 4.78 is 6.31. The van der Waals surface area contributed by atoms with Crippen molar-refractivity contribution >= 4 is 58.7 Å². The number of thioether (sulfide) groups is 1. The number of carbonyl (C=O) groups excluding carboxylic acids is 6. The van der Waals surface area contributed by atoms with Crippen LogP contribution in [0.15, 0.2) is 59.4 Å². The molecule has 3 amide bonds. The van der Waals surface area contributed by atoms with Crippen molar-refractivity contribution in [2.24, 2.45) is 28.1 Å². The summed E-state index contributed by atoms with van der Waals surface area (Å²) in [6.45, 7) is 17.6. The van der Waals surface area contributed by atoms with Crippen LogP contribution in [0.5, 0.6) is 0 Å². The molecule has 2 aromatic rings. The van der Waals surface area contributed by atoms with Gasteiger partial charge in [0.15, 0.2) is 5.78 Å². The molecule has 5 heterocycles. The highest BCUT2D eigenvalue weighted by atomic mass is 32.2. The van der Waals surface area contributed by atoms with Gasteiger partial charge in [0.2, 0.25) is 17.6 Å². The molecule has 1 aromatic heterocycles. The maximum Gasteiger partial charge on any atom is 0.353 e. The van der Waals surface area contributed by atoms with Gasteiger partial charge in [-0.05, 0) is 100 Å². The second kappa shape index (κ2) is 21.4. The second-order valence-corrected chi connectivity index (χ2v) is 22.7. The van der Waals surface area contributed by atoms with Crippen molar-refractivity contribution < 1.29 is 48.5 Å². The van der Waals surface area contributed by atoms with E-state index >= 15 is 0 Å². The van der Waals surface area contributed by atoms with Crippen molar-refractivity contribution in [2.45, 2.75) is 162 Å². The average molecular weight is 958 g/mol. The number of aliphatic carboxylic acids is 1. The van der Waals surface area contributed by atoms with Gasteiger partial charge >= 0.3 is 11.9 Å². The summed E-state index contributed by atoms with van der Waals surface area (Å²) >= 11 is 1.37. The van der Waals surface area contributed by atoms with E-state index in [-0.39, 0.29) is 39.9 Å². The molecule has 15 nitrogen and oxygen atoms in total. The lowest BCUT2D eigenvalue weighted by molar-refractivity contribution is -0.165. The van der Waals surface area contributed by atoms with Gasteiger partial charge in [0, 0.05) is 63.6 Å². The third-order valence-corrected chi connectivity index (χ3v) is 16.2. The molecule has 3 saturated heterocycles. The summed E-state index contributed by atoms with van der Waals surface area (Å²) in [5, 5.41) is 26.3. The van der Waals surface area contributed by atoms with Gasteiger partial charge in [0.05, 0.1) is 24.1 Å². The summed E-state index contributed by atoms with van der Waals surface area (Å²) in [6.07, 6.45) is 7.68. The Morgan fingerprint density at radius 2 is 1.75 bits per heavy atom. The maximum atomic E-state index is 14.2. The minimum absolute atomic E-state index is 0.0410. The van der Waals surface area contributed by atoms with E-state index in [1.165, 1.54) is 21.6 Å². The normalized spacial score (nSPS) is 23.9. The molecule has 0 saturated carbocycles. The lowest BCUT2D eigenvalue weighted by atomic mass is 9.73. The lowest BCUT2D eigenvalue weighted by Crippen LogP contribution is -2.63. The number of esters is 1. The molecule has 0 aliphatic carbocycles. The molecule has 0 bridgehead atoms. The number of aromatic nitrogens is 1. The number of aliphatic hydroxyl groups is 1. The number of carboxylic acids is 1. The van der Waals surface area contributed by atoms with Crippen LogP contribution in [-0.2, 0) is 39.9 Å². The fourth-order valence-electron chi connectivity index (χ4n) is 10.0. The SMILES string of the molecule is CCC(C)(C)C(=O)C(=O)N1CCCC[C@H]1C(=O)O[C@H](CCc1cccnc1)CC(C)(C)CCC(C)(C)C(=O)c1cccc(NC(=O)[C@@H]2C[C@H](SC3=C(C(=O)O)N4C(=O)[C@H]([C@@H](C)O)[C@H]4[C@H]3C)CN2)c1. The number of carboxylic acid groups (broad SMARTS) is 1. The highest BCUT2D eigenvalue weighted by Gasteiger charge is 2.60. The van der Waals surface area contributed by atoms with Crippen LogP contribution in [0.3, 0.4) is 0 Å². The van der Waals surface area contributed by atoms with E-state index < -0.39 is 70.7 Å². The smallest absolute Gasteiger partial charge is 0.353 e. The Morgan fingerprint density at radius 1 is 1.01 bits per heavy atom. The fourth-order valence-corrected chi connectivity index (χ4v) is 11.5. The number of hydrogen-bond donors (Lipinski definition) is 4. The number of rotatable bonds is 21. The van der Waals surface area contributed by atoms with E-state index in [1.54, 1.807) is 57.4 Å². The average Bonchev–Trinajstić information content (AvgIpc) is 3.87. The number of pyridine rings is 1. The minimum atomic E-state index is -1.19. The molecular weight excluding hydrogens is 887 g/mol. The molecule has 4 aliphatic rings. The largest absolute Gasteiger partial charge is 0.477 e. The Labute approximate surface area is 405 Å². The van der Waals surface area contributed by atoms with Gasteiger partial charge in [-0.25, -0.2) is 9.59 Å². The predicted molar refractivity (Wildman–Crippen MR) is 259 cm³/mol. The number of ether oxygens (including phenoxy) is 1. The highest BCUT2D eigenvalue weighted by Crippen LogP contribution is 2.52. The van der Waals surface area contributed by atoms with Crippen LogP contribution in [0.25, 0.3) is 0 Å². The monoisotopic (exact) mass is 957 g/mol. The molecule has 6 rings (SSSR count). The maximum absolute atomic E-state index is 14.2. The minimum Gasteiger partial charge on any atom is -0.477 e. The fraction of sp³-hybridized carbons (Fsp3) is 0.615. The zero-order valence-electron chi connectivity index (χ0n) is 41.1. The first-order chi connectivity index (χ1) is 32.0. The summed E-state index contributed by atoms with van der Waals surface area (Å²) in [6, 6.07) is 8.91. The number of amides is 3. The molecule has 4 aliphatic heterocycles. The van der Waals surface area contributed by atoms with Crippen molar-refractivity contribution in [1.29, 1.82) is 0 Å². The van der Waals surface area contributed by atoms with Crippen LogP contribution in [0, 0.1) is 28.1 Å². The van der Waals surface area contributed by atoms with Crippen LogP contribution >= 0.6 is 11.8 Å². The molecule has 3 fully saturated rings. The van der Waals surface area contributed by atoms with Crippen molar-refractivity contribution in [3.05, 3.63) is 70.5 Å². The zero-order chi connectivity index (χ0) is 49.9. The van der Waals surface area contributed by atoms with E-state index in [0.717, 1.165) is 12.0 Å². The molecular formula is C52H71N5O10S. The van der Waals surface area contributed by atoms with Gasteiger partial charge in [-0.15, -0.1) is 11.8 Å². The Kier molecular flexibility index (Phi) is 16.5. The molecule has 8 atom stereocenters. The molecule has 4 N–H and O–H groups in total. The molecule has 0 unspecified atom stereocenters. The molecule has 16 heteroatoms. The number of Topliss-reactive ketones (excluding diaryl/α,β-unsaturated/α-hetero) is 2. The number of piperidine rings is 1. The van der Waals surface area contributed by atoms with Gasteiger partial charge < -0.3 is 35.4 Å². The number of likely N-dealkylation sites (tertiary alicyclic amines) is 1. The number of carbonyl (C=O) groups is 7. The number of anilines is 1. The predicted octanol–water partition coefficient (Wildman–Crippen LogP) is 6.97. The van der Waals surface area contributed by atoms with Crippen LogP contribution in [0.2, 0.25) is 0 Å². The Hall–Kier alpha value is -4.93. The number of aryl methyl sites for hydroxylation is 1. The topological polar surface area (TPSA) is 213 Å². The number of benzene rings is 1. The zero-order valence-corrected chi connectivity index (χ0v) is 41.9. The van der Waals surface area contributed by atoms with Crippen LogP contribution in [0.1, 0.15) is 136 Å². The molecule has 1 aromatic carbocycles. The van der Waals surface area contributed by atoms with Gasteiger partial charge in [-0.3, -0.25) is 29.0 Å². The number of nitrogens with zero attached hydrogens (tertiary/aromatic N) is 3.